The third kappa shape index (κ3) is 3.93. The average molecular weight is 350 g/mol. The molecule has 0 fully saturated rings. The van der Waals surface area contributed by atoms with Gasteiger partial charge in [0.25, 0.3) is 0 Å². The Hall–Kier alpha value is -2.38. The fourth-order valence-electron chi connectivity index (χ4n) is 2.10. The lowest BCUT2D eigenvalue weighted by Crippen LogP contribution is -2.11. The van der Waals surface area contributed by atoms with Crippen molar-refractivity contribution in [3.8, 4) is 22.6 Å². The second-order valence-corrected chi connectivity index (χ2v) is 4.90. The minimum atomic E-state index is -4.90. The third-order valence-corrected chi connectivity index (χ3v) is 3.27. The zero-order valence-corrected chi connectivity index (χ0v) is 12.5. The number of ether oxygens (including phenoxy) is 2. The van der Waals surface area contributed by atoms with Gasteiger partial charge >= 0.3 is 12.4 Å². The second kappa shape index (κ2) is 6.26. The molecule has 0 bridgehead atoms. The number of methoxy groups -OCH3 is 2. The van der Waals surface area contributed by atoms with Crippen LogP contribution in [0.25, 0.3) is 11.1 Å². The Morgan fingerprint density at radius 3 is 1.29 bits per heavy atom. The van der Waals surface area contributed by atoms with E-state index in [2.05, 4.69) is 0 Å². The Bertz CT molecular complexity index is 680. The van der Waals surface area contributed by atoms with Crippen LogP contribution in [0.15, 0.2) is 36.4 Å². The summed E-state index contributed by atoms with van der Waals surface area (Å²) in [6.45, 7) is 0. The predicted molar refractivity (Wildman–Crippen MR) is 75.0 cm³/mol. The van der Waals surface area contributed by atoms with Crippen molar-refractivity contribution in [3.05, 3.63) is 47.5 Å². The van der Waals surface area contributed by atoms with Crippen LogP contribution in [0.3, 0.4) is 0 Å². The van der Waals surface area contributed by atoms with Gasteiger partial charge in [-0.2, -0.15) is 26.3 Å². The van der Waals surface area contributed by atoms with E-state index in [1.807, 2.05) is 0 Å². The number of hydrogen-bond donors (Lipinski definition) is 0. The first-order valence-electron chi connectivity index (χ1n) is 6.57. The Morgan fingerprint density at radius 1 is 0.583 bits per heavy atom. The Labute approximate surface area is 133 Å². The molecule has 0 aromatic heterocycles. The molecule has 0 aliphatic rings. The van der Waals surface area contributed by atoms with Crippen LogP contribution in [0, 0.1) is 0 Å². The molecule has 2 aromatic rings. The van der Waals surface area contributed by atoms with Crippen LogP contribution in [0.5, 0.6) is 11.5 Å². The quantitative estimate of drug-likeness (QED) is 0.689. The molecule has 0 heterocycles. The van der Waals surface area contributed by atoms with E-state index in [4.69, 9.17) is 9.47 Å². The van der Waals surface area contributed by atoms with E-state index >= 15 is 0 Å². The molecule has 0 N–H and O–H groups in total. The third-order valence-electron chi connectivity index (χ3n) is 3.27. The molecule has 2 rings (SSSR count). The molecule has 0 unspecified atom stereocenters. The molecule has 2 nitrogen and oxygen atoms in total. The molecule has 130 valence electrons. The molecule has 0 saturated carbocycles. The van der Waals surface area contributed by atoms with Crippen molar-refractivity contribution in [2.75, 3.05) is 14.2 Å². The highest BCUT2D eigenvalue weighted by Crippen LogP contribution is 2.39. The maximum atomic E-state index is 12.9. The van der Waals surface area contributed by atoms with Gasteiger partial charge in [0.2, 0.25) is 0 Å². The van der Waals surface area contributed by atoms with Crippen LogP contribution in [0.2, 0.25) is 0 Å². The fraction of sp³-hybridized carbons (Fsp3) is 0.250. The maximum Gasteiger partial charge on any atom is 0.416 e. The maximum absolute atomic E-state index is 12.9. The van der Waals surface area contributed by atoms with Crippen LogP contribution in [0.1, 0.15) is 11.1 Å². The first-order chi connectivity index (χ1) is 11.0. The van der Waals surface area contributed by atoms with Crippen LogP contribution in [0.4, 0.5) is 26.3 Å². The van der Waals surface area contributed by atoms with Crippen molar-refractivity contribution in [1.82, 2.24) is 0 Å². The summed E-state index contributed by atoms with van der Waals surface area (Å²) in [5.41, 5.74) is -2.89. The number of halogens is 6. The molecular formula is C16H12F6O2. The number of alkyl halides is 6. The number of rotatable bonds is 3. The first kappa shape index (κ1) is 18.0. The van der Waals surface area contributed by atoms with Crippen molar-refractivity contribution < 1.29 is 35.8 Å². The summed E-state index contributed by atoms with van der Waals surface area (Å²) in [6.07, 6.45) is -9.81. The monoisotopic (exact) mass is 350 g/mol. The van der Waals surface area contributed by atoms with Gasteiger partial charge in [0.05, 0.1) is 25.3 Å². The topological polar surface area (TPSA) is 18.5 Å². The highest BCUT2D eigenvalue weighted by molar-refractivity contribution is 5.69. The lowest BCUT2D eigenvalue weighted by Gasteiger charge is -2.15. The van der Waals surface area contributed by atoms with Crippen molar-refractivity contribution in [3.63, 3.8) is 0 Å². The normalized spacial score (nSPS) is 12.2. The van der Waals surface area contributed by atoms with Gasteiger partial charge in [-0.3, -0.25) is 0 Å². The summed E-state index contributed by atoms with van der Waals surface area (Å²) in [4.78, 5) is 0. The van der Waals surface area contributed by atoms with Crippen molar-refractivity contribution >= 4 is 0 Å². The van der Waals surface area contributed by atoms with Crippen molar-refractivity contribution in [1.29, 1.82) is 0 Å². The molecule has 24 heavy (non-hydrogen) atoms. The zero-order valence-electron chi connectivity index (χ0n) is 12.5. The van der Waals surface area contributed by atoms with Gasteiger partial charge in [-0.1, -0.05) is 0 Å². The molecule has 2 aromatic carbocycles. The molecule has 8 heteroatoms. The van der Waals surface area contributed by atoms with Gasteiger partial charge in [-0.15, -0.1) is 0 Å². The van der Waals surface area contributed by atoms with Crippen LogP contribution in [-0.2, 0) is 12.4 Å². The van der Waals surface area contributed by atoms with E-state index in [0.717, 1.165) is 0 Å². The van der Waals surface area contributed by atoms with Gasteiger partial charge in [0, 0.05) is 6.07 Å². The lowest BCUT2D eigenvalue weighted by atomic mass is 9.98. The molecule has 0 aliphatic carbocycles. The Balaban J connectivity index is 2.70. The molecule has 0 atom stereocenters. The molecule has 0 saturated heterocycles. The van der Waals surface area contributed by atoms with Crippen LogP contribution in [-0.4, -0.2) is 14.2 Å². The van der Waals surface area contributed by atoms with E-state index < -0.39 is 23.5 Å². The minimum Gasteiger partial charge on any atom is -0.497 e. The number of benzene rings is 2. The standard InChI is InChI=1S/C16H12F6O2/c1-23-13-5-10(6-14(8-13)24-2)9-3-11(15(17,18)19)7-12(4-9)16(20,21)22/h3-8H,1-2H3. The lowest BCUT2D eigenvalue weighted by molar-refractivity contribution is -0.143. The van der Waals surface area contributed by atoms with E-state index in [0.29, 0.717) is 12.1 Å². The molecule has 0 radical (unpaired) electrons. The highest BCUT2D eigenvalue weighted by Gasteiger charge is 2.37. The molecule has 0 amide bonds. The van der Waals surface area contributed by atoms with Gasteiger partial charge in [-0.05, 0) is 41.5 Å². The molecular weight excluding hydrogens is 338 g/mol. The smallest absolute Gasteiger partial charge is 0.416 e. The fourth-order valence-corrected chi connectivity index (χ4v) is 2.10. The van der Waals surface area contributed by atoms with Crippen LogP contribution < -0.4 is 9.47 Å². The Morgan fingerprint density at radius 2 is 0.958 bits per heavy atom. The molecule has 0 aliphatic heterocycles. The summed E-state index contributed by atoms with van der Waals surface area (Å²) < 4.78 is 87.5. The van der Waals surface area contributed by atoms with Gasteiger partial charge in [0.1, 0.15) is 11.5 Å². The first-order valence-corrected chi connectivity index (χ1v) is 6.57. The SMILES string of the molecule is COc1cc(OC)cc(-c2cc(C(F)(F)F)cc(C(F)(F)F)c2)c1. The summed E-state index contributed by atoms with van der Waals surface area (Å²) >= 11 is 0. The second-order valence-electron chi connectivity index (χ2n) is 4.90. The van der Waals surface area contributed by atoms with E-state index in [9.17, 15) is 26.3 Å². The number of hydrogen-bond acceptors (Lipinski definition) is 2. The van der Waals surface area contributed by atoms with Crippen LogP contribution >= 0.6 is 0 Å². The Kier molecular flexibility index (Phi) is 4.68. The minimum absolute atomic E-state index is 0.0842. The van der Waals surface area contributed by atoms with Gasteiger partial charge < -0.3 is 9.47 Å². The summed E-state index contributed by atoms with van der Waals surface area (Å²) in [6, 6.07) is 5.52. The summed E-state index contributed by atoms with van der Waals surface area (Å²) in [5.74, 6) is 0.491. The summed E-state index contributed by atoms with van der Waals surface area (Å²) in [5, 5.41) is 0. The summed E-state index contributed by atoms with van der Waals surface area (Å²) in [7, 11) is 2.65. The zero-order chi connectivity index (χ0) is 18.1. The average Bonchev–Trinajstić information content (AvgIpc) is 2.52. The van der Waals surface area contributed by atoms with Gasteiger partial charge in [-0.25, -0.2) is 0 Å². The predicted octanol–water partition coefficient (Wildman–Crippen LogP) is 5.41. The van der Waals surface area contributed by atoms with E-state index in [1.165, 1.54) is 32.4 Å². The van der Waals surface area contributed by atoms with Crippen molar-refractivity contribution in [2.24, 2.45) is 0 Å². The van der Waals surface area contributed by atoms with E-state index in [-0.39, 0.29) is 28.7 Å². The molecule has 0 spiro atoms. The van der Waals surface area contributed by atoms with Gasteiger partial charge in [0.15, 0.2) is 0 Å². The largest absolute Gasteiger partial charge is 0.497 e. The van der Waals surface area contributed by atoms with Crippen molar-refractivity contribution in [2.45, 2.75) is 12.4 Å². The van der Waals surface area contributed by atoms with E-state index in [1.54, 1.807) is 0 Å². The highest BCUT2D eigenvalue weighted by atomic mass is 19.4.